The van der Waals surface area contributed by atoms with E-state index < -0.39 is 16.1 Å². The zero-order valence-corrected chi connectivity index (χ0v) is 15.7. The number of fused-ring (bicyclic) bond motifs is 1. The number of sulfonamides is 1. The molecule has 1 aromatic rings. The van der Waals surface area contributed by atoms with E-state index in [1.165, 1.54) is 15.6 Å². The minimum absolute atomic E-state index is 0. The number of carbonyl (C=O) groups is 1. The highest BCUT2D eigenvalue weighted by atomic mass is 35.5. The van der Waals surface area contributed by atoms with Crippen molar-refractivity contribution in [2.45, 2.75) is 23.1 Å². The molecule has 0 spiro atoms. The summed E-state index contributed by atoms with van der Waals surface area (Å²) < 4.78 is 27.3. The summed E-state index contributed by atoms with van der Waals surface area (Å²) in [5.74, 6) is 1.06. The molecule has 0 aromatic carbocycles. The zero-order chi connectivity index (χ0) is 16.0. The molecule has 9 heteroatoms. The van der Waals surface area contributed by atoms with Gasteiger partial charge in [0, 0.05) is 32.7 Å². The monoisotopic (exact) mass is 391 g/mol. The number of halogens is 1. The average molecular weight is 392 g/mol. The molecule has 4 rings (SSSR count). The molecule has 3 aliphatic rings. The minimum Gasteiger partial charge on any atom is -0.341 e. The molecule has 6 nitrogen and oxygen atoms in total. The van der Waals surface area contributed by atoms with Crippen LogP contribution >= 0.6 is 23.7 Å². The molecule has 3 fully saturated rings. The normalized spacial score (nSPS) is 30.3. The molecule has 24 heavy (non-hydrogen) atoms. The van der Waals surface area contributed by atoms with Gasteiger partial charge in [-0.1, -0.05) is 6.07 Å². The Balaban J connectivity index is 0.00000169. The largest absolute Gasteiger partial charge is 0.341 e. The Morgan fingerprint density at radius 1 is 1.25 bits per heavy atom. The van der Waals surface area contributed by atoms with Crippen molar-refractivity contribution in [3.63, 3.8) is 0 Å². The number of nitrogens with one attached hydrogen (secondary N) is 1. The van der Waals surface area contributed by atoms with Crippen LogP contribution < -0.4 is 5.32 Å². The lowest BCUT2D eigenvalue weighted by molar-refractivity contribution is -0.133. The van der Waals surface area contributed by atoms with E-state index in [4.69, 9.17) is 0 Å². The Morgan fingerprint density at radius 2 is 1.96 bits per heavy atom. The first kappa shape index (κ1) is 18.1. The smallest absolute Gasteiger partial charge is 0.253 e. The van der Waals surface area contributed by atoms with Crippen LogP contribution in [0.15, 0.2) is 21.7 Å². The predicted octanol–water partition coefficient (Wildman–Crippen LogP) is 1.00. The SMILES string of the molecule is Cl.O=C(C1CCCN1S(=O)(=O)c1cccs1)N1C[C@H]2CNC[C@H]2C1. The Labute approximate surface area is 152 Å². The van der Waals surface area contributed by atoms with Gasteiger partial charge < -0.3 is 10.2 Å². The Hall–Kier alpha value is -0.670. The first-order valence-electron chi connectivity index (χ1n) is 8.12. The number of hydrogen-bond acceptors (Lipinski definition) is 5. The van der Waals surface area contributed by atoms with Crippen molar-refractivity contribution in [3.8, 4) is 0 Å². The summed E-state index contributed by atoms with van der Waals surface area (Å²) >= 11 is 1.21. The maximum atomic E-state index is 12.9. The van der Waals surface area contributed by atoms with E-state index >= 15 is 0 Å². The molecule has 1 N–H and O–H groups in total. The van der Waals surface area contributed by atoms with Gasteiger partial charge in [-0.3, -0.25) is 4.79 Å². The van der Waals surface area contributed by atoms with Crippen molar-refractivity contribution in [3.05, 3.63) is 17.5 Å². The van der Waals surface area contributed by atoms with Gasteiger partial charge in [-0.25, -0.2) is 8.42 Å². The van der Waals surface area contributed by atoms with Crippen molar-refractivity contribution in [1.29, 1.82) is 0 Å². The van der Waals surface area contributed by atoms with Gasteiger partial charge in [-0.05, 0) is 36.1 Å². The highest BCUT2D eigenvalue weighted by Gasteiger charge is 2.45. The molecule has 4 heterocycles. The lowest BCUT2D eigenvalue weighted by Gasteiger charge is -2.27. The molecule has 3 aliphatic heterocycles. The van der Waals surface area contributed by atoms with Gasteiger partial charge in [-0.15, -0.1) is 23.7 Å². The van der Waals surface area contributed by atoms with Crippen molar-refractivity contribution < 1.29 is 13.2 Å². The Morgan fingerprint density at radius 3 is 2.58 bits per heavy atom. The highest BCUT2D eigenvalue weighted by molar-refractivity contribution is 7.91. The zero-order valence-electron chi connectivity index (χ0n) is 13.3. The van der Waals surface area contributed by atoms with E-state index in [0.29, 0.717) is 29.0 Å². The summed E-state index contributed by atoms with van der Waals surface area (Å²) in [7, 11) is -3.55. The maximum Gasteiger partial charge on any atom is 0.253 e. The number of rotatable bonds is 3. The van der Waals surface area contributed by atoms with Crippen LogP contribution in [0.4, 0.5) is 0 Å². The molecule has 0 radical (unpaired) electrons. The lowest BCUT2D eigenvalue weighted by atomic mass is 10.0. The second-order valence-corrected chi connectivity index (χ2v) is 9.69. The maximum absolute atomic E-state index is 12.9. The lowest BCUT2D eigenvalue weighted by Crippen LogP contribution is -2.47. The third-order valence-corrected chi connectivity index (χ3v) is 8.53. The third-order valence-electron chi connectivity index (χ3n) is 5.25. The van der Waals surface area contributed by atoms with Gasteiger partial charge in [-0.2, -0.15) is 4.31 Å². The fourth-order valence-electron chi connectivity index (χ4n) is 4.05. The molecule has 134 valence electrons. The van der Waals surface area contributed by atoms with Crippen molar-refractivity contribution in [1.82, 2.24) is 14.5 Å². The van der Waals surface area contributed by atoms with E-state index in [1.54, 1.807) is 17.5 Å². The van der Waals surface area contributed by atoms with Crippen molar-refractivity contribution >= 4 is 39.7 Å². The number of amides is 1. The average Bonchev–Trinajstić information content (AvgIpc) is 3.28. The predicted molar refractivity (Wildman–Crippen MR) is 94.9 cm³/mol. The van der Waals surface area contributed by atoms with Gasteiger partial charge in [0.1, 0.15) is 10.3 Å². The van der Waals surface area contributed by atoms with Gasteiger partial charge in [0.25, 0.3) is 10.0 Å². The molecule has 0 aliphatic carbocycles. The van der Waals surface area contributed by atoms with Gasteiger partial charge in [0.2, 0.25) is 5.91 Å². The van der Waals surface area contributed by atoms with Crippen LogP contribution in [-0.2, 0) is 14.8 Å². The second kappa shape index (κ2) is 6.92. The molecule has 1 unspecified atom stereocenters. The third kappa shape index (κ3) is 2.99. The van der Waals surface area contributed by atoms with E-state index in [1.807, 2.05) is 4.90 Å². The molecular weight excluding hydrogens is 370 g/mol. The molecule has 3 atom stereocenters. The summed E-state index contributed by atoms with van der Waals surface area (Å²) in [5, 5.41) is 5.12. The quantitative estimate of drug-likeness (QED) is 0.834. The number of carbonyl (C=O) groups excluding carboxylic acids is 1. The molecule has 0 bridgehead atoms. The number of likely N-dealkylation sites (tertiary alicyclic amines) is 1. The first-order valence-corrected chi connectivity index (χ1v) is 10.4. The molecule has 0 saturated carbocycles. The van der Waals surface area contributed by atoms with Crippen LogP contribution in [0.25, 0.3) is 0 Å². The summed E-state index contributed by atoms with van der Waals surface area (Å²) in [6.07, 6.45) is 1.39. The van der Waals surface area contributed by atoms with Crippen molar-refractivity contribution in [2.24, 2.45) is 11.8 Å². The molecule has 1 amide bonds. The topological polar surface area (TPSA) is 69.7 Å². The Bertz CT molecular complexity index is 683. The number of hydrogen-bond donors (Lipinski definition) is 1. The van der Waals surface area contributed by atoms with Gasteiger partial charge in [0.15, 0.2) is 0 Å². The van der Waals surface area contributed by atoms with E-state index in [-0.39, 0.29) is 18.3 Å². The summed E-state index contributed by atoms with van der Waals surface area (Å²) in [4.78, 5) is 14.8. The van der Waals surface area contributed by atoms with Crippen molar-refractivity contribution in [2.75, 3.05) is 32.7 Å². The molecular formula is C15H22ClN3O3S2. The number of nitrogens with zero attached hydrogens (tertiary/aromatic N) is 2. The number of thiophene rings is 1. The second-order valence-electron chi connectivity index (χ2n) is 6.63. The van der Waals surface area contributed by atoms with Crippen LogP contribution in [0, 0.1) is 11.8 Å². The van der Waals surface area contributed by atoms with Crippen LogP contribution in [0.3, 0.4) is 0 Å². The summed E-state index contributed by atoms with van der Waals surface area (Å²) in [5.41, 5.74) is 0. The standard InChI is InChI=1S/C15H21N3O3S2.ClH/c19-15(17-9-11-7-16-8-12(11)10-17)13-3-1-5-18(13)23(20,21)14-4-2-6-22-14;/h2,4,6,11-13,16H,1,3,5,7-10H2;1H/t11-,12+,13?;. The van der Waals surface area contributed by atoms with Crippen LogP contribution in [0.2, 0.25) is 0 Å². The fraction of sp³-hybridized carbons (Fsp3) is 0.667. The van der Waals surface area contributed by atoms with Gasteiger partial charge in [0.05, 0.1) is 0 Å². The van der Waals surface area contributed by atoms with Crippen LogP contribution in [0.1, 0.15) is 12.8 Å². The minimum atomic E-state index is -3.55. The fourth-order valence-corrected chi connectivity index (χ4v) is 6.82. The first-order chi connectivity index (χ1) is 11.1. The molecule has 1 aromatic heterocycles. The van der Waals surface area contributed by atoms with Crippen LogP contribution in [-0.4, -0.2) is 62.3 Å². The van der Waals surface area contributed by atoms with Gasteiger partial charge >= 0.3 is 0 Å². The highest BCUT2D eigenvalue weighted by Crippen LogP contribution is 2.32. The van der Waals surface area contributed by atoms with E-state index in [9.17, 15) is 13.2 Å². The molecule has 3 saturated heterocycles. The van der Waals surface area contributed by atoms with Crippen LogP contribution in [0.5, 0.6) is 0 Å². The van der Waals surface area contributed by atoms with E-state index in [2.05, 4.69) is 5.32 Å². The van der Waals surface area contributed by atoms with E-state index in [0.717, 1.165) is 32.6 Å². The Kier molecular flexibility index (Phi) is 5.22. The summed E-state index contributed by atoms with van der Waals surface area (Å²) in [6.45, 7) is 3.91. The summed E-state index contributed by atoms with van der Waals surface area (Å²) in [6, 6.07) is 2.83.